The molecule has 2 saturated heterocycles. The monoisotopic (exact) mass is 404 g/mol. The summed E-state index contributed by atoms with van der Waals surface area (Å²) in [5, 5.41) is 10.2. The van der Waals surface area contributed by atoms with Crippen molar-refractivity contribution in [2.45, 2.75) is 38.8 Å². The van der Waals surface area contributed by atoms with Crippen LogP contribution in [0.2, 0.25) is 0 Å². The van der Waals surface area contributed by atoms with E-state index in [1.54, 1.807) is 40.0 Å². The molecule has 9 heteroatoms. The first kappa shape index (κ1) is 19.8. The number of carbonyl (C=O) groups is 2. The van der Waals surface area contributed by atoms with E-state index in [2.05, 4.69) is 4.98 Å². The van der Waals surface area contributed by atoms with Crippen molar-refractivity contribution in [2.75, 3.05) is 39.5 Å². The van der Waals surface area contributed by atoms with Gasteiger partial charge in [0.05, 0.1) is 19.0 Å². The predicted octanol–water partition coefficient (Wildman–Crippen LogP) is 0.363. The fourth-order valence-electron chi connectivity index (χ4n) is 4.71. The molecule has 158 valence electrons. The number of nitrogens with zero attached hydrogens (tertiary/aromatic N) is 4. The Morgan fingerprint density at radius 3 is 2.83 bits per heavy atom. The topological polar surface area (TPSA) is 97.1 Å². The Labute approximate surface area is 169 Å². The maximum atomic E-state index is 13.3. The van der Waals surface area contributed by atoms with Crippen molar-refractivity contribution in [3.63, 3.8) is 0 Å². The molecule has 0 aliphatic carbocycles. The van der Waals surface area contributed by atoms with Crippen LogP contribution in [0.25, 0.3) is 0 Å². The molecule has 4 rings (SSSR count). The highest BCUT2D eigenvalue weighted by Gasteiger charge is 2.50. The highest BCUT2D eigenvalue weighted by molar-refractivity contribution is 5.92. The number of piperidine rings is 2. The van der Waals surface area contributed by atoms with Gasteiger partial charge in [0.15, 0.2) is 0 Å². The second kappa shape index (κ2) is 8.06. The van der Waals surface area contributed by atoms with Crippen molar-refractivity contribution in [2.24, 2.45) is 5.41 Å². The molecule has 0 unspecified atom stereocenters. The van der Waals surface area contributed by atoms with Crippen LogP contribution in [0.1, 0.15) is 26.2 Å². The zero-order valence-electron chi connectivity index (χ0n) is 16.7. The number of hydrogen-bond donors (Lipinski definition) is 1. The van der Waals surface area contributed by atoms with Crippen LogP contribution < -0.4 is 0 Å². The molecule has 9 nitrogen and oxygen atoms in total. The molecular weight excluding hydrogens is 376 g/mol. The van der Waals surface area contributed by atoms with E-state index in [0.29, 0.717) is 45.0 Å². The number of likely N-dealkylation sites (tertiary alicyclic amines) is 2. The van der Waals surface area contributed by atoms with Gasteiger partial charge in [0, 0.05) is 37.4 Å². The molecule has 0 spiro atoms. The summed E-state index contributed by atoms with van der Waals surface area (Å²) >= 11 is 0. The Morgan fingerprint density at radius 2 is 2.10 bits per heavy atom. The van der Waals surface area contributed by atoms with Gasteiger partial charge in [0.2, 0.25) is 11.7 Å². The van der Waals surface area contributed by atoms with E-state index in [1.165, 1.54) is 0 Å². The molecular formula is C20H28N4O5. The number of allylic oxidation sites excluding steroid dienone is 1. The largest absolute Gasteiger partial charge is 0.491 e. The summed E-state index contributed by atoms with van der Waals surface area (Å²) in [6.07, 6.45) is 7.35. The Bertz CT molecular complexity index is 793. The maximum absolute atomic E-state index is 13.3. The van der Waals surface area contributed by atoms with Gasteiger partial charge in [-0.25, -0.2) is 4.98 Å². The minimum atomic E-state index is -0.385. The van der Waals surface area contributed by atoms with Gasteiger partial charge in [-0.1, -0.05) is 0 Å². The lowest BCUT2D eigenvalue weighted by molar-refractivity contribution is -0.154. The van der Waals surface area contributed by atoms with Gasteiger partial charge in [0.25, 0.3) is 5.91 Å². The third-order valence-electron chi connectivity index (χ3n) is 6.40. The van der Waals surface area contributed by atoms with Gasteiger partial charge in [-0.05, 0) is 26.2 Å². The van der Waals surface area contributed by atoms with E-state index in [4.69, 9.17) is 9.47 Å². The van der Waals surface area contributed by atoms with E-state index >= 15 is 0 Å². The summed E-state index contributed by atoms with van der Waals surface area (Å²) in [4.78, 5) is 33.7. The highest BCUT2D eigenvalue weighted by atomic mass is 16.6. The molecule has 2 atom stereocenters. The third-order valence-corrected chi connectivity index (χ3v) is 6.40. The number of imidazole rings is 1. The molecule has 0 radical (unpaired) electrons. The first-order valence-corrected chi connectivity index (χ1v) is 10.2. The fraction of sp³-hybridized carbons (Fsp3) is 0.650. The van der Waals surface area contributed by atoms with Crippen LogP contribution in [0.3, 0.4) is 0 Å². The van der Waals surface area contributed by atoms with E-state index in [0.717, 1.165) is 12.8 Å². The van der Waals surface area contributed by atoms with E-state index in [1.807, 2.05) is 0 Å². The van der Waals surface area contributed by atoms with Crippen molar-refractivity contribution >= 4 is 11.8 Å². The molecule has 0 aromatic carbocycles. The van der Waals surface area contributed by atoms with Crippen molar-refractivity contribution in [1.29, 1.82) is 0 Å². The van der Waals surface area contributed by atoms with Crippen LogP contribution in [0.5, 0.6) is 0 Å². The second-order valence-corrected chi connectivity index (χ2v) is 8.05. The fourth-order valence-corrected chi connectivity index (χ4v) is 4.71. The lowest BCUT2D eigenvalue weighted by Crippen LogP contribution is -2.65. The summed E-state index contributed by atoms with van der Waals surface area (Å²) < 4.78 is 12.8. The average molecular weight is 404 g/mol. The first-order chi connectivity index (χ1) is 14.0. The summed E-state index contributed by atoms with van der Waals surface area (Å²) in [7, 11) is 0. The second-order valence-electron chi connectivity index (χ2n) is 8.05. The van der Waals surface area contributed by atoms with Gasteiger partial charge < -0.3 is 28.9 Å². The number of amides is 2. The minimum absolute atomic E-state index is 0.000382. The molecule has 3 aliphatic heterocycles. The smallest absolute Gasteiger partial charge is 0.292 e. The van der Waals surface area contributed by atoms with Gasteiger partial charge in [0.1, 0.15) is 25.5 Å². The zero-order chi connectivity index (χ0) is 20.4. The Hall–Kier alpha value is -2.55. The van der Waals surface area contributed by atoms with Gasteiger partial charge in [-0.15, -0.1) is 0 Å². The normalized spacial score (nSPS) is 27.2. The van der Waals surface area contributed by atoms with Crippen LogP contribution in [0.4, 0.5) is 0 Å². The number of rotatable bonds is 4. The number of aromatic nitrogens is 2. The van der Waals surface area contributed by atoms with Crippen molar-refractivity contribution in [3.05, 3.63) is 30.2 Å². The highest BCUT2D eigenvalue weighted by Crippen LogP contribution is 2.42. The predicted molar refractivity (Wildman–Crippen MR) is 102 cm³/mol. The van der Waals surface area contributed by atoms with Crippen molar-refractivity contribution in [1.82, 2.24) is 19.4 Å². The molecule has 2 fully saturated rings. The summed E-state index contributed by atoms with van der Waals surface area (Å²) in [5.41, 5.74) is -0.385. The van der Waals surface area contributed by atoms with Crippen LogP contribution in [0, 0.1) is 5.41 Å². The zero-order valence-corrected chi connectivity index (χ0v) is 16.7. The SMILES string of the molecule is CC1=C(C(=O)N2CCC[C@@]3(CO)CCN(C(=O)Cn4ccnc4)C[C@H]23)OCCO1. The van der Waals surface area contributed by atoms with Gasteiger partial charge in [-0.3, -0.25) is 9.59 Å². The lowest BCUT2D eigenvalue weighted by atomic mass is 9.69. The number of aliphatic hydroxyl groups is 1. The van der Waals surface area contributed by atoms with Crippen molar-refractivity contribution in [3.8, 4) is 0 Å². The van der Waals surface area contributed by atoms with Gasteiger partial charge >= 0.3 is 0 Å². The summed E-state index contributed by atoms with van der Waals surface area (Å²) in [5.74, 6) is 0.505. The lowest BCUT2D eigenvalue weighted by Gasteiger charge is -2.54. The molecule has 3 aliphatic rings. The number of fused-ring (bicyclic) bond motifs is 1. The molecule has 0 saturated carbocycles. The van der Waals surface area contributed by atoms with Crippen molar-refractivity contribution < 1.29 is 24.2 Å². The minimum Gasteiger partial charge on any atom is -0.491 e. The number of hydrogen-bond acceptors (Lipinski definition) is 6. The number of carbonyl (C=O) groups excluding carboxylic acids is 2. The molecule has 1 aromatic rings. The Kier molecular flexibility index (Phi) is 5.49. The summed E-state index contributed by atoms with van der Waals surface area (Å²) in [6, 6.07) is -0.250. The van der Waals surface area contributed by atoms with Crippen LogP contribution in [-0.2, 0) is 25.6 Å². The van der Waals surface area contributed by atoms with E-state index in [9.17, 15) is 14.7 Å². The molecule has 4 heterocycles. The van der Waals surface area contributed by atoms with Gasteiger partial charge in [-0.2, -0.15) is 0 Å². The molecule has 0 bridgehead atoms. The molecule has 1 aromatic heterocycles. The van der Waals surface area contributed by atoms with Crippen LogP contribution in [-0.4, -0.2) is 81.8 Å². The standard InChI is InChI=1S/C20H28N4O5/c1-15-18(29-10-9-28-15)19(27)24-6-2-3-20(13-25)4-7-23(11-16(20)24)17(26)12-22-8-5-21-14-22/h5,8,14,16,25H,2-4,6-7,9-13H2,1H3/t16-,20-/m0/s1. The molecule has 29 heavy (non-hydrogen) atoms. The molecule has 2 amide bonds. The number of ether oxygens (including phenoxy) is 2. The van der Waals surface area contributed by atoms with Crippen LogP contribution in [0.15, 0.2) is 30.2 Å². The summed E-state index contributed by atoms with van der Waals surface area (Å²) in [6.45, 7) is 4.29. The third kappa shape index (κ3) is 3.71. The quantitative estimate of drug-likeness (QED) is 0.779. The average Bonchev–Trinajstić information content (AvgIpc) is 3.25. The number of aliphatic hydroxyl groups excluding tert-OH is 1. The first-order valence-electron chi connectivity index (χ1n) is 10.2. The molecule has 1 N–H and O–H groups in total. The Morgan fingerprint density at radius 1 is 1.28 bits per heavy atom. The van der Waals surface area contributed by atoms with E-state index in [-0.39, 0.29) is 42.2 Å². The Balaban J connectivity index is 1.55. The van der Waals surface area contributed by atoms with E-state index < -0.39 is 0 Å². The van der Waals surface area contributed by atoms with Crippen LogP contribution >= 0.6 is 0 Å². The maximum Gasteiger partial charge on any atom is 0.292 e.